The number of hydrogen-bond donors (Lipinski definition) is 0. The number of hydrogen-bond acceptors (Lipinski definition) is 6. The molecule has 6 nitrogen and oxygen atoms in total. The van der Waals surface area contributed by atoms with Crippen molar-refractivity contribution in [1.29, 1.82) is 0 Å². The monoisotopic (exact) mass is 314 g/mol. The van der Waals surface area contributed by atoms with Crippen molar-refractivity contribution in [2.24, 2.45) is 0 Å². The number of aromatic nitrogens is 4. The minimum absolute atomic E-state index is 0.0761. The van der Waals surface area contributed by atoms with Gasteiger partial charge in [0.05, 0.1) is 16.9 Å². The van der Waals surface area contributed by atoms with Crippen molar-refractivity contribution in [2.75, 3.05) is 0 Å². The first-order chi connectivity index (χ1) is 10.8. The van der Waals surface area contributed by atoms with Crippen LogP contribution in [0, 0.1) is 0 Å². The smallest absolute Gasteiger partial charge is 0.257 e. The highest BCUT2D eigenvalue weighted by atomic mass is 32.1. The van der Waals surface area contributed by atoms with Crippen LogP contribution in [-0.4, -0.2) is 19.7 Å². The van der Waals surface area contributed by atoms with Crippen molar-refractivity contribution in [3.05, 3.63) is 51.8 Å². The van der Waals surface area contributed by atoms with Crippen molar-refractivity contribution in [1.82, 2.24) is 19.7 Å². The van der Waals surface area contributed by atoms with E-state index in [1.54, 1.807) is 12.4 Å². The topological polar surface area (TPSA) is 73.8 Å². The van der Waals surface area contributed by atoms with Crippen LogP contribution in [0.15, 0.2) is 39.1 Å². The van der Waals surface area contributed by atoms with Crippen molar-refractivity contribution < 1.29 is 4.42 Å². The van der Waals surface area contributed by atoms with Crippen LogP contribution in [0.1, 0.15) is 36.8 Å². The molecule has 0 aromatic carbocycles. The largest absolute Gasteiger partial charge is 0.418 e. The second kappa shape index (κ2) is 5.49. The molecule has 0 amide bonds. The molecule has 0 bridgehead atoms. The van der Waals surface area contributed by atoms with Gasteiger partial charge in [0.1, 0.15) is 6.54 Å². The molecule has 0 aliphatic heterocycles. The molecule has 0 unspecified atom stereocenters. The molecule has 112 valence electrons. The molecule has 0 N–H and O–H groups in total. The van der Waals surface area contributed by atoms with Gasteiger partial charge in [0.25, 0.3) is 11.4 Å². The average Bonchev–Trinajstić information content (AvgIpc) is 3.10. The maximum atomic E-state index is 12.2. The van der Waals surface area contributed by atoms with Crippen molar-refractivity contribution >= 4 is 11.3 Å². The second-order valence-electron chi connectivity index (χ2n) is 5.39. The SMILES string of the molecule is O=c1cc(C2CCC2)ncn1Cc1nnc(-c2cccs2)o1. The van der Waals surface area contributed by atoms with Crippen LogP contribution in [-0.2, 0) is 6.54 Å². The fraction of sp³-hybridized carbons (Fsp3) is 0.333. The van der Waals surface area contributed by atoms with Crippen LogP contribution in [0.25, 0.3) is 10.8 Å². The summed E-state index contributed by atoms with van der Waals surface area (Å²) in [5.41, 5.74) is 0.824. The Hall–Kier alpha value is -2.28. The van der Waals surface area contributed by atoms with Gasteiger partial charge in [-0.1, -0.05) is 12.5 Å². The van der Waals surface area contributed by atoms with E-state index in [4.69, 9.17) is 4.42 Å². The van der Waals surface area contributed by atoms with E-state index in [2.05, 4.69) is 15.2 Å². The molecule has 0 saturated heterocycles. The predicted octanol–water partition coefficient (Wildman–Crippen LogP) is 2.67. The number of rotatable bonds is 4. The molecule has 0 spiro atoms. The lowest BCUT2D eigenvalue weighted by Gasteiger charge is -2.24. The Kier molecular flexibility index (Phi) is 3.34. The summed E-state index contributed by atoms with van der Waals surface area (Å²) in [6, 6.07) is 5.47. The molecule has 1 aliphatic rings. The minimum Gasteiger partial charge on any atom is -0.418 e. The Bertz CT molecular complexity index is 833. The van der Waals surface area contributed by atoms with E-state index < -0.39 is 0 Å². The zero-order valence-electron chi connectivity index (χ0n) is 11.8. The molecule has 3 aromatic heterocycles. The molecule has 4 rings (SSSR count). The van der Waals surface area contributed by atoms with Crippen LogP contribution in [0.2, 0.25) is 0 Å². The van der Waals surface area contributed by atoms with Crippen molar-refractivity contribution in [3.8, 4) is 10.8 Å². The molecular weight excluding hydrogens is 300 g/mol. The van der Waals surface area contributed by atoms with Gasteiger partial charge in [-0.05, 0) is 24.3 Å². The molecule has 3 heterocycles. The van der Waals surface area contributed by atoms with Gasteiger partial charge in [-0.2, -0.15) is 0 Å². The molecule has 1 saturated carbocycles. The summed E-state index contributed by atoms with van der Waals surface area (Å²) < 4.78 is 7.09. The molecule has 0 atom stereocenters. The zero-order valence-corrected chi connectivity index (χ0v) is 12.6. The van der Waals surface area contributed by atoms with E-state index >= 15 is 0 Å². The summed E-state index contributed by atoms with van der Waals surface area (Å²) in [6.07, 6.45) is 5.06. The highest BCUT2D eigenvalue weighted by molar-refractivity contribution is 7.13. The Morgan fingerprint density at radius 3 is 2.95 bits per heavy atom. The summed E-state index contributed by atoms with van der Waals surface area (Å²) in [7, 11) is 0. The second-order valence-corrected chi connectivity index (χ2v) is 6.33. The lowest BCUT2D eigenvalue weighted by atomic mass is 9.83. The first-order valence-corrected chi connectivity index (χ1v) is 8.10. The average molecular weight is 314 g/mol. The van der Waals surface area contributed by atoms with E-state index in [0.717, 1.165) is 23.4 Å². The number of thiophene rings is 1. The normalized spacial score (nSPS) is 14.9. The molecule has 3 aromatic rings. The van der Waals surface area contributed by atoms with Crippen LogP contribution < -0.4 is 5.56 Å². The van der Waals surface area contributed by atoms with Gasteiger partial charge in [0.15, 0.2) is 0 Å². The van der Waals surface area contributed by atoms with Crippen molar-refractivity contribution in [3.63, 3.8) is 0 Å². The molecule has 1 fully saturated rings. The number of nitrogens with zero attached hydrogens (tertiary/aromatic N) is 4. The summed E-state index contributed by atoms with van der Waals surface area (Å²) in [6.45, 7) is 0.245. The minimum atomic E-state index is -0.0761. The van der Waals surface area contributed by atoms with Gasteiger partial charge >= 0.3 is 0 Å². The van der Waals surface area contributed by atoms with Crippen LogP contribution in [0.3, 0.4) is 0 Å². The van der Waals surface area contributed by atoms with Gasteiger partial charge in [0, 0.05) is 12.0 Å². The van der Waals surface area contributed by atoms with Gasteiger partial charge in [-0.3, -0.25) is 9.36 Å². The molecular formula is C15H14N4O2S. The van der Waals surface area contributed by atoms with Gasteiger partial charge < -0.3 is 4.42 Å². The lowest BCUT2D eigenvalue weighted by molar-refractivity contribution is 0.407. The Labute approximate surface area is 130 Å². The lowest BCUT2D eigenvalue weighted by Crippen LogP contribution is -2.23. The summed E-state index contributed by atoms with van der Waals surface area (Å²) in [4.78, 5) is 17.5. The third-order valence-electron chi connectivity index (χ3n) is 3.93. The molecule has 7 heteroatoms. The third-order valence-corrected chi connectivity index (χ3v) is 4.79. The Morgan fingerprint density at radius 1 is 1.36 bits per heavy atom. The van der Waals surface area contributed by atoms with E-state index in [1.807, 2.05) is 17.5 Å². The fourth-order valence-corrected chi connectivity index (χ4v) is 3.09. The summed E-state index contributed by atoms with van der Waals surface area (Å²) >= 11 is 1.54. The maximum Gasteiger partial charge on any atom is 0.257 e. The van der Waals surface area contributed by atoms with Crippen LogP contribution in [0.5, 0.6) is 0 Å². The molecule has 1 aliphatic carbocycles. The fourth-order valence-electron chi connectivity index (χ4n) is 2.45. The quantitative estimate of drug-likeness (QED) is 0.740. The third kappa shape index (κ3) is 2.48. The zero-order chi connectivity index (χ0) is 14.9. The Morgan fingerprint density at radius 2 is 2.27 bits per heavy atom. The highest BCUT2D eigenvalue weighted by Gasteiger charge is 2.21. The summed E-state index contributed by atoms with van der Waals surface area (Å²) in [5, 5.41) is 9.96. The highest BCUT2D eigenvalue weighted by Crippen LogP contribution is 2.34. The van der Waals surface area contributed by atoms with Gasteiger partial charge in [0.2, 0.25) is 5.89 Å². The first-order valence-electron chi connectivity index (χ1n) is 7.22. The molecule has 22 heavy (non-hydrogen) atoms. The van der Waals surface area contributed by atoms with Crippen LogP contribution >= 0.6 is 11.3 Å². The molecule has 0 radical (unpaired) electrons. The van der Waals surface area contributed by atoms with E-state index in [9.17, 15) is 4.79 Å². The van der Waals surface area contributed by atoms with Gasteiger partial charge in [-0.15, -0.1) is 21.5 Å². The van der Waals surface area contributed by atoms with Crippen molar-refractivity contribution in [2.45, 2.75) is 31.7 Å². The Balaban J connectivity index is 1.54. The van der Waals surface area contributed by atoms with E-state index in [1.165, 1.54) is 22.3 Å². The van der Waals surface area contributed by atoms with Gasteiger partial charge in [-0.25, -0.2) is 4.98 Å². The first kappa shape index (κ1) is 13.4. The maximum absolute atomic E-state index is 12.2. The van der Waals surface area contributed by atoms with E-state index in [-0.39, 0.29) is 12.1 Å². The predicted molar refractivity (Wildman–Crippen MR) is 81.8 cm³/mol. The standard InChI is InChI=1S/C15H14N4O2S/c20-14-7-11(10-3-1-4-10)16-9-19(14)8-13-17-18-15(21-13)12-5-2-6-22-12/h2,5-7,9-10H,1,3-4,8H2. The summed E-state index contributed by atoms with van der Waals surface area (Å²) in [5.74, 6) is 1.34. The van der Waals surface area contributed by atoms with Crippen LogP contribution in [0.4, 0.5) is 0 Å². The van der Waals surface area contributed by atoms with E-state index in [0.29, 0.717) is 17.7 Å².